The van der Waals surface area contributed by atoms with Crippen molar-refractivity contribution in [2.75, 3.05) is 5.75 Å². The van der Waals surface area contributed by atoms with E-state index in [1.807, 2.05) is 0 Å². The fourth-order valence-electron chi connectivity index (χ4n) is 5.56. The fraction of sp³-hybridized carbons (Fsp3) is 0.970. The number of halogens is 6. The van der Waals surface area contributed by atoms with Crippen LogP contribution in [0, 0.1) is 0 Å². The lowest BCUT2D eigenvalue weighted by atomic mass is 10.0. The molecule has 0 aromatic rings. The smallest absolute Gasteiger partial charge is 0.438 e. The van der Waals surface area contributed by atoms with Gasteiger partial charge < -0.3 is 4.74 Å². The molecule has 0 aliphatic heterocycles. The Balaban J connectivity index is 3.68. The molecule has 270 valence electrons. The summed E-state index contributed by atoms with van der Waals surface area (Å²) in [6.45, 7) is 2.26. The molecule has 0 rings (SSSR count). The van der Waals surface area contributed by atoms with E-state index in [0.717, 1.165) is 25.7 Å². The van der Waals surface area contributed by atoms with Gasteiger partial charge in [-0.25, -0.2) is 0 Å². The Hall–Kier alpha value is -1.04. The van der Waals surface area contributed by atoms with Gasteiger partial charge in [0.25, 0.3) is 10.1 Å². The molecule has 12 heteroatoms. The number of unbranched alkanes of at least 4 members (excludes halogenated alkanes) is 25. The first kappa shape index (κ1) is 44.0. The first-order valence-corrected chi connectivity index (χ1v) is 19.1. The molecule has 0 atom stereocenters. The summed E-state index contributed by atoms with van der Waals surface area (Å²) in [6, 6.07) is 0. The Labute approximate surface area is 268 Å². The number of hydrogen-bond donors (Lipinski definition) is 1. The molecule has 0 fully saturated rings. The molecule has 0 bridgehead atoms. The molecule has 0 spiro atoms. The van der Waals surface area contributed by atoms with E-state index in [1.165, 1.54) is 122 Å². The molecule has 0 heterocycles. The summed E-state index contributed by atoms with van der Waals surface area (Å²) in [5, 5.41) is 0. The highest BCUT2D eigenvalue weighted by Crippen LogP contribution is 2.47. The summed E-state index contributed by atoms with van der Waals surface area (Å²) in [5.41, 5.74) is -5.32. The first-order chi connectivity index (χ1) is 21.2. The average Bonchev–Trinajstić information content (AvgIpc) is 2.92. The summed E-state index contributed by atoms with van der Waals surface area (Å²) in [6.07, 6.45) is 17.3. The minimum Gasteiger partial charge on any atom is -0.438 e. The van der Waals surface area contributed by atoms with Gasteiger partial charge in [0.15, 0.2) is 0 Å². The van der Waals surface area contributed by atoms with Crippen LogP contribution >= 0.6 is 0 Å². The molecule has 0 saturated carbocycles. The second kappa shape index (κ2) is 25.0. The van der Waals surface area contributed by atoms with Crippen LogP contribution in [0.1, 0.15) is 180 Å². The van der Waals surface area contributed by atoms with Gasteiger partial charge in [-0.05, 0) is 6.42 Å². The SMILES string of the molecule is CCCCCCCCCCCCCCCCCCCCCCCCCCCCC(=O)OC(CS(=O)(=O)O)(C(F)(F)F)C(F)(F)F. The Morgan fingerprint density at radius 2 is 0.756 bits per heavy atom. The van der Waals surface area contributed by atoms with Gasteiger partial charge in [0.2, 0.25) is 0 Å². The normalized spacial score (nSPS) is 13.0. The number of rotatable bonds is 30. The van der Waals surface area contributed by atoms with Gasteiger partial charge in [-0.1, -0.05) is 167 Å². The van der Waals surface area contributed by atoms with E-state index in [9.17, 15) is 39.6 Å². The molecule has 45 heavy (non-hydrogen) atoms. The highest BCUT2D eigenvalue weighted by molar-refractivity contribution is 7.85. The third kappa shape index (κ3) is 23.0. The number of esters is 1. The van der Waals surface area contributed by atoms with Crippen LogP contribution in [0.4, 0.5) is 26.3 Å². The molecule has 0 amide bonds. The van der Waals surface area contributed by atoms with Crippen molar-refractivity contribution in [2.45, 2.75) is 198 Å². The fourth-order valence-corrected chi connectivity index (χ4v) is 6.46. The Morgan fingerprint density at radius 1 is 0.511 bits per heavy atom. The van der Waals surface area contributed by atoms with Crippen molar-refractivity contribution in [1.82, 2.24) is 0 Å². The number of hydrogen-bond acceptors (Lipinski definition) is 4. The molecule has 0 radical (unpaired) electrons. The van der Waals surface area contributed by atoms with Crippen LogP contribution in [0.5, 0.6) is 0 Å². The molecule has 0 aromatic carbocycles. The lowest BCUT2D eigenvalue weighted by Gasteiger charge is -2.35. The monoisotopic (exact) mass is 682 g/mol. The summed E-state index contributed by atoms with van der Waals surface area (Å²) in [5.74, 6) is -4.67. The van der Waals surface area contributed by atoms with Gasteiger partial charge >= 0.3 is 23.9 Å². The summed E-state index contributed by atoms with van der Waals surface area (Å²) < 4.78 is 113. The molecule has 1 N–H and O–H groups in total. The second-order valence-electron chi connectivity index (χ2n) is 12.6. The topological polar surface area (TPSA) is 80.7 Å². The van der Waals surface area contributed by atoms with Gasteiger partial charge in [0.05, 0.1) is 0 Å². The third-order valence-electron chi connectivity index (χ3n) is 8.32. The van der Waals surface area contributed by atoms with Crippen LogP contribution in [0.2, 0.25) is 0 Å². The average molecular weight is 683 g/mol. The van der Waals surface area contributed by atoms with Crippen molar-refractivity contribution in [3.63, 3.8) is 0 Å². The molecule has 0 aliphatic rings. The van der Waals surface area contributed by atoms with E-state index in [2.05, 4.69) is 11.7 Å². The Kier molecular flexibility index (Phi) is 24.5. The van der Waals surface area contributed by atoms with Crippen LogP contribution in [0.15, 0.2) is 0 Å². The molecule has 0 unspecified atom stereocenters. The maximum Gasteiger partial charge on any atom is 0.438 e. The van der Waals surface area contributed by atoms with E-state index in [0.29, 0.717) is 12.8 Å². The zero-order chi connectivity index (χ0) is 34.1. The van der Waals surface area contributed by atoms with Crippen LogP contribution in [-0.4, -0.2) is 42.6 Å². The molecular weight excluding hydrogens is 622 g/mol. The molecule has 0 saturated heterocycles. The number of alkyl halides is 6. The highest BCUT2D eigenvalue weighted by atomic mass is 32.2. The van der Waals surface area contributed by atoms with E-state index in [4.69, 9.17) is 4.55 Å². The lowest BCUT2D eigenvalue weighted by Crippen LogP contribution is -2.63. The molecular formula is C33H60F6O5S. The van der Waals surface area contributed by atoms with Crippen molar-refractivity contribution < 1.29 is 48.8 Å². The van der Waals surface area contributed by atoms with Gasteiger partial charge in [-0.3, -0.25) is 9.35 Å². The zero-order valence-electron chi connectivity index (χ0n) is 27.6. The maximum atomic E-state index is 13.2. The van der Waals surface area contributed by atoms with Crippen LogP contribution in [0.3, 0.4) is 0 Å². The number of carbonyl (C=O) groups is 1. The van der Waals surface area contributed by atoms with Crippen LogP contribution in [-0.2, 0) is 19.6 Å². The van der Waals surface area contributed by atoms with E-state index >= 15 is 0 Å². The zero-order valence-corrected chi connectivity index (χ0v) is 28.4. The molecule has 5 nitrogen and oxygen atoms in total. The summed E-state index contributed by atoms with van der Waals surface area (Å²) in [4.78, 5) is 11.8. The van der Waals surface area contributed by atoms with Crippen molar-refractivity contribution >= 4 is 16.1 Å². The summed E-state index contributed by atoms with van der Waals surface area (Å²) >= 11 is 0. The Morgan fingerprint density at radius 3 is 0.978 bits per heavy atom. The van der Waals surface area contributed by atoms with Crippen LogP contribution in [0.25, 0.3) is 0 Å². The lowest BCUT2D eigenvalue weighted by molar-refractivity contribution is -0.361. The first-order valence-electron chi connectivity index (χ1n) is 17.5. The van der Waals surface area contributed by atoms with E-state index in [1.54, 1.807) is 0 Å². The predicted molar refractivity (Wildman–Crippen MR) is 168 cm³/mol. The quantitative estimate of drug-likeness (QED) is 0.0353. The summed E-state index contributed by atoms with van der Waals surface area (Å²) in [7, 11) is -5.77. The number of carbonyl (C=O) groups excluding carboxylic acids is 1. The van der Waals surface area contributed by atoms with Crippen LogP contribution < -0.4 is 0 Å². The second-order valence-corrected chi connectivity index (χ2v) is 14.1. The van der Waals surface area contributed by atoms with E-state index < -0.39 is 46.2 Å². The van der Waals surface area contributed by atoms with Gasteiger partial charge in [0.1, 0.15) is 5.75 Å². The van der Waals surface area contributed by atoms with Crippen molar-refractivity contribution in [2.24, 2.45) is 0 Å². The minimum atomic E-state index is -6.29. The standard InChI is InChI=1S/C33H60F6O5S/c1-2-3-4-5-6-7-8-9-10-11-12-13-14-15-16-17-18-19-20-21-22-23-24-25-26-27-28-30(40)44-31(32(34,35)36,33(37,38)39)29-45(41,42)43/h2-29H2,1H3,(H,41,42,43). The minimum absolute atomic E-state index is 0.00973. The number of ether oxygens (including phenoxy) is 1. The van der Waals surface area contributed by atoms with Gasteiger partial charge in [0, 0.05) is 6.42 Å². The van der Waals surface area contributed by atoms with Gasteiger partial charge in [-0.2, -0.15) is 34.8 Å². The van der Waals surface area contributed by atoms with E-state index in [-0.39, 0.29) is 6.42 Å². The van der Waals surface area contributed by atoms with Gasteiger partial charge in [-0.15, -0.1) is 0 Å². The molecule has 0 aromatic heterocycles. The van der Waals surface area contributed by atoms with Crippen molar-refractivity contribution in [3.8, 4) is 0 Å². The van der Waals surface area contributed by atoms with Crippen molar-refractivity contribution in [3.05, 3.63) is 0 Å². The third-order valence-corrected chi connectivity index (χ3v) is 9.10. The van der Waals surface area contributed by atoms with Crippen molar-refractivity contribution in [1.29, 1.82) is 0 Å². The maximum absolute atomic E-state index is 13.2. The predicted octanol–water partition coefficient (Wildman–Crippen LogP) is 11.8. The highest BCUT2D eigenvalue weighted by Gasteiger charge is 2.75. The molecule has 0 aliphatic carbocycles. The largest absolute Gasteiger partial charge is 0.438 e. The Bertz CT molecular complexity index is 816.